The molecule has 0 amide bonds. The van der Waals surface area contributed by atoms with E-state index in [0.29, 0.717) is 13.1 Å². The van der Waals surface area contributed by atoms with Crippen LogP contribution in [-0.2, 0) is 13.1 Å². The Hall–Kier alpha value is -2.20. The summed E-state index contributed by atoms with van der Waals surface area (Å²) < 4.78 is 5.30. The predicted octanol–water partition coefficient (Wildman–Crippen LogP) is 3.52. The van der Waals surface area contributed by atoms with Gasteiger partial charge in [-0.3, -0.25) is 4.99 Å². The first-order valence-corrected chi connectivity index (χ1v) is 7.82. The molecule has 23 heavy (non-hydrogen) atoms. The van der Waals surface area contributed by atoms with Gasteiger partial charge in [0.2, 0.25) is 0 Å². The largest absolute Gasteiger partial charge is 0.497 e. The van der Waals surface area contributed by atoms with Crippen LogP contribution in [0.2, 0.25) is 5.02 Å². The summed E-state index contributed by atoms with van der Waals surface area (Å²) in [6.07, 6.45) is 0. The van der Waals surface area contributed by atoms with Crippen LogP contribution >= 0.6 is 11.6 Å². The normalized spacial score (nSPS) is 11.2. The van der Waals surface area contributed by atoms with Gasteiger partial charge in [0, 0.05) is 25.2 Å². The van der Waals surface area contributed by atoms with Crippen LogP contribution in [-0.4, -0.2) is 20.1 Å². The minimum Gasteiger partial charge on any atom is -0.497 e. The summed E-state index contributed by atoms with van der Waals surface area (Å²) in [7, 11) is 3.43. The van der Waals surface area contributed by atoms with Crippen LogP contribution in [0, 0.1) is 6.92 Å². The number of benzene rings is 2. The number of rotatable bonds is 5. The molecule has 0 aliphatic heterocycles. The molecule has 0 aliphatic rings. The fourth-order valence-electron chi connectivity index (χ4n) is 2.27. The molecule has 2 aromatic carbocycles. The minimum absolute atomic E-state index is 0.622. The van der Waals surface area contributed by atoms with Gasteiger partial charge in [0.15, 0.2) is 5.96 Å². The van der Waals surface area contributed by atoms with E-state index in [1.54, 1.807) is 14.2 Å². The second-order valence-corrected chi connectivity index (χ2v) is 5.64. The molecule has 122 valence electrons. The van der Waals surface area contributed by atoms with Crippen LogP contribution in [0.1, 0.15) is 16.7 Å². The van der Waals surface area contributed by atoms with E-state index in [2.05, 4.69) is 28.6 Å². The summed E-state index contributed by atoms with van der Waals surface area (Å²) in [5.41, 5.74) is 3.34. The first kappa shape index (κ1) is 17.2. The molecule has 2 N–H and O–H groups in total. The Morgan fingerprint density at radius 3 is 2.57 bits per heavy atom. The van der Waals surface area contributed by atoms with Crippen molar-refractivity contribution in [3.63, 3.8) is 0 Å². The maximum absolute atomic E-state index is 6.16. The molecule has 0 saturated carbocycles. The Labute approximate surface area is 142 Å². The number of methoxy groups -OCH3 is 1. The molecule has 2 aromatic rings. The highest BCUT2D eigenvalue weighted by Crippen LogP contribution is 2.16. The van der Waals surface area contributed by atoms with Crippen LogP contribution in [0.25, 0.3) is 0 Å². The molecule has 0 aliphatic carbocycles. The van der Waals surface area contributed by atoms with Gasteiger partial charge >= 0.3 is 0 Å². The summed E-state index contributed by atoms with van der Waals surface area (Å²) in [5.74, 6) is 1.59. The number of nitrogens with zero attached hydrogens (tertiary/aromatic N) is 1. The molecule has 0 aromatic heterocycles. The summed E-state index contributed by atoms with van der Waals surface area (Å²) in [6, 6.07) is 13.9. The van der Waals surface area contributed by atoms with E-state index in [-0.39, 0.29) is 0 Å². The molecule has 4 nitrogen and oxygen atoms in total. The SMILES string of the molecule is CN=C(NCc1cc(C)cc(OC)c1)NCc1ccccc1Cl. The number of aryl methyl sites for hydroxylation is 1. The van der Waals surface area contributed by atoms with Gasteiger partial charge in [0.25, 0.3) is 0 Å². The van der Waals surface area contributed by atoms with Crippen LogP contribution in [0.4, 0.5) is 0 Å². The van der Waals surface area contributed by atoms with Crippen molar-refractivity contribution in [3.05, 3.63) is 64.2 Å². The van der Waals surface area contributed by atoms with Crippen LogP contribution in [0.5, 0.6) is 5.75 Å². The number of halogens is 1. The average molecular weight is 332 g/mol. The highest BCUT2D eigenvalue weighted by atomic mass is 35.5. The van der Waals surface area contributed by atoms with Crippen molar-refractivity contribution in [2.75, 3.05) is 14.2 Å². The molecule has 0 bridgehead atoms. The average Bonchev–Trinajstić information content (AvgIpc) is 2.56. The van der Waals surface area contributed by atoms with E-state index in [0.717, 1.165) is 27.9 Å². The van der Waals surface area contributed by atoms with Gasteiger partial charge < -0.3 is 15.4 Å². The van der Waals surface area contributed by atoms with E-state index in [1.807, 2.05) is 36.4 Å². The minimum atomic E-state index is 0.622. The summed E-state index contributed by atoms with van der Waals surface area (Å²) >= 11 is 6.16. The standard InChI is InChI=1S/C18H22ClN3O/c1-13-8-14(10-16(9-13)23-3)11-21-18(20-2)22-12-15-6-4-5-7-17(15)19/h4-10H,11-12H2,1-3H3,(H2,20,21,22). The molecule has 0 fully saturated rings. The molecule has 0 unspecified atom stereocenters. The molecule has 2 rings (SSSR count). The summed E-state index contributed by atoms with van der Waals surface area (Å²) in [6.45, 7) is 3.34. The maximum Gasteiger partial charge on any atom is 0.191 e. The highest BCUT2D eigenvalue weighted by Gasteiger charge is 2.03. The lowest BCUT2D eigenvalue weighted by Crippen LogP contribution is -2.36. The Morgan fingerprint density at radius 2 is 1.87 bits per heavy atom. The van der Waals surface area contributed by atoms with Crippen molar-refractivity contribution in [3.8, 4) is 5.75 Å². The van der Waals surface area contributed by atoms with Gasteiger partial charge in [-0.05, 0) is 41.8 Å². The second kappa shape index (κ2) is 8.44. The molecular formula is C18H22ClN3O. The Balaban J connectivity index is 1.93. The number of hydrogen-bond donors (Lipinski definition) is 2. The summed E-state index contributed by atoms with van der Waals surface area (Å²) in [5, 5.41) is 7.31. The quantitative estimate of drug-likeness (QED) is 0.651. The molecule has 0 radical (unpaired) electrons. The molecular weight excluding hydrogens is 310 g/mol. The fraction of sp³-hybridized carbons (Fsp3) is 0.278. The Kier molecular flexibility index (Phi) is 6.29. The van der Waals surface area contributed by atoms with E-state index < -0.39 is 0 Å². The maximum atomic E-state index is 6.16. The van der Waals surface area contributed by atoms with E-state index >= 15 is 0 Å². The predicted molar refractivity (Wildman–Crippen MR) is 96.2 cm³/mol. The molecule has 0 saturated heterocycles. The van der Waals surface area contributed by atoms with Crippen LogP contribution in [0.3, 0.4) is 0 Å². The van der Waals surface area contributed by atoms with Crippen molar-refractivity contribution in [1.29, 1.82) is 0 Å². The van der Waals surface area contributed by atoms with Gasteiger partial charge in [-0.1, -0.05) is 35.9 Å². The number of aliphatic imine (C=N–C) groups is 1. The number of hydrogen-bond acceptors (Lipinski definition) is 2. The lowest BCUT2D eigenvalue weighted by atomic mass is 10.1. The van der Waals surface area contributed by atoms with Crippen molar-refractivity contribution >= 4 is 17.6 Å². The first-order valence-electron chi connectivity index (χ1n) is 7.45. The fourth-order valence-corrected chi connectivity index (χ4v) is 2.47. The summed E-state index contributed by atoms with van der Waals surface area (Å²) in [4.78, 5) is 4.23. The van der Waals surface area contributed by atoms with Gasteiger partial charge in [-0.25, -0.2) is 0 Å². The van der Waals surface area contributed by atoms with Gasteiger partial charge in [0.1, 0.15) is 5.75 Å². The zero-order valence-electron chi connectivity index (χ0n) is 13.7. The Bertz CT molecular complexity index is 686. The zero-order chi connectivity index (χ0) is 16.7. The van der Waals surface area contributed by atoms with Crippen molar-refractivity contribution < 1.29 is 4.74 Å². The third kappa shape index (κ3) is 5.18. The van der Waals surface area contributed by atoms with Crippen molar-refractivity contribution in [2.24, 2.45) is 4.99 Å². The molecule has 0 heterocycles. The van der Waals surface area contributed by atoms with Gasteiger partial charge in [-0.2, -0.15) is 0 Å². The monoisotopic (exact) mass is 331 g/mol. The topological polar surface area (TPSA) is 45.7 Å². The van der Waals surface area contributed by atoms with E-state index in [4.69, 9.17) is 16.3 Å². The van der Waals surface area contributed by atoms with E-state index in [9.17, 15) is 0 Å². The second-order valence-electron chi connectivity index (χ2n) is 5.23. The van der Waals surface area contributed by atoms with E-state index in [1.165, 1.54) is 5.56 Å². The zero-order valence-corrected chi connectivity index (χ0v) is 14.4. The lowest BCUT2D eigenvalue weighted by Gasteiger charge is -2.13. The van der Waals surface area contributed by atoms with Crippen molar-refractivity contribution in [2.45, 2.75) is 20.0 Å². The number of guanidine groups is 1. The van der Waals surface area contributed by atoms with Crippen LogP contribution in [0.15, 0.2) is 47.5 Å². The smallest absolute Gasteiger partial charge is 0.191 e. The lowest BCUT2D eigenvalue weighted by molar-refractivity contribution is 0.414. The molecule has 0 spiro atoms. The molecule has 5 heteroatoms. The number of nitrogens with one attached hydrogen (secondary N) is 2. The third-order valence-corrected chi connectivity index (χ3v) is 3.80. The van der Waals surface area contributed by atoms with Crippen LogP contribution < -0.4 is 15.4 Å². The first-order chi connectivity index (χ1) is 11.1. The molecule has 0 atom stereocenters. The van der Waals surface area contributed by atoms with Gasteiger partial charge in [-0.15, -0.1) is 0 Å². The Morgan fingerprint density at radius 1 is 1.13 bits per heavy atom. The number of ether oxygens (including phenoxy) is 1. The van der Waals surface area contributed by atoms with Crippen molar-refractivity contribution in [1.82, 2.24) is 10.6 Å². The highest BCUT2D eigenvalue weighted by molar-refractivity contribution is 6.31. The van der Waals surface area contributed by atoms with Gasteiger partial charge in [0.05, 0.1) is 7.11 Å². The third-order valence-electron chi connectivity index (χ3n) is 3.43.